The first-order valence-corrected chi connectivity index (χ1v) is 7.92. The van der Waals surface area contributed by atoms with Crippen molar-refractivity contribution in [2.45, 2.75) is 25.3 Å². The Morgan fingerprint density at radius 1 is 1.14 bits per heavy atom. The third-order valence-corrected chi connectivity index (χ3v) is 4.21. The number of halogens is 1. The van der Waals surface area contributed by atoms with E-state index in [1.807, 2.05) is 24.3 Å². The molecule has 108 valence electrons. The molecular weight excluding hydrogens is 300 g/mol. The highest BCUT2D eigenvalue weighted by Gasteiger charge is 2.20. The van der Waals surface area contributed by atoms with E-state index in [0.29, 0.717) is 10.1 Å². The number of fused-ring (bicyclic) bond motifs is 1. The second-order valence-electron chi connectivity index (χ2n) is 5.25. The molecule has 3 rings (SSSR count). The molecule has 0 radical (unpaired) electrons. The van der Waals surface area contributed by atoms with Crippen LogP contribution in [0.2, 0.25) is 5.02 Å². The molecule has 0 amide bonds. The quantitative estimate of drug-likeness (QED) is 0.785. The largest absolute Gasteiger partial charge is 0.356 e. The lowest BCUT2D eigenvalue weighted by molar-refractivity contribution is 0.529. The smallest absolute Gasteiger partial charge is 0.171 e. The summed E-state index contributed by atoms with van der Waals surface area (Å²) in [5.41, 5.74) is 3.69. The van der Waals surface area contributed by atoms with E-state index in [0.717, 1.165) is 18.5 Å². The molecule has 0 spiro atoms. The Kier molecular flexibility index (Phi) is 4.42. The molecule has 0 aliphatic heterocycles. The Labute approximate surface area is 135 Å². The van der Waals surface area contributed by atoms with Crippen LogP contribution in [0.15, 0.2) is 48.5 Å². The highest BCUT2D eigenvalue weighted by molar-refractivity contribution is 7.80. The van der Waals surface area contributed by atoms with Gasteiger partial charge in [-0.05, 0) is 60.8 Å². The van der Waals surface area contributed by atoms with Gasteiger partial charge in [0.2, 0.25) is 0 Å². The molecule has 1 atom stereocenters. The molecule has 2 aromatic rings. The summed E-state index contributed by atoms with van der Waals surface area (Å²) in [6, 6.07) is 16.4. The normalized spacial score (nSPS) is 16.9. The second-order valence-corrected chi connectivity index (χ2v) is 6.10. The maximum atomic E-state index is 5.98. The van der Waals surface area contributed by atoms with Crippen LogP contribution >= 0.6 is 23.8 Å². The fraction of sp³-hybridized carbons (Fsp3) is 0.235. The number of benzene rings is 2. The molecule has 21 heavy (non-hydrogen) atoms. The monoisotopic (exact) mass is 316 g/mol. The van der Waals surface area contributed by atoms with Crippen molar-refractivity contribution in [2.75, 3.05) is 5.32 Å². The Hall–Kier alpha value is -1.58. The molecule has 0 saturated heterocycles. The second kappa shape index (κ2) is 6.46. The fourth-order valence-electron chi connectivity index (χ4n) is 2.80. The minimum Gasteiger partial charge on any atom is -0.356 e. The van der Waals surface area contributed by atoms with E-state index in [4.69, 9.17) is 23.8 Å². The average Bonchev–Trinajstić information content (AvgIpc) is 2.47. The number of aryl methyl sites for hydroxylation is 1. The van der Waals surface area contributed by atoms with E-state index in [1.165, 1.54) is 17.5 Å². The van der Waals surface area contributed by atoms with Crippen LogP contribution in [-0.4, -0.2) is 5.11 Å². The predicted octanol–water partition coefficient (Wildman–Crippen LogP) is 4.70. The summed E-state index contributed by atoms with van der Waals surface area (Å²) in [4.78, 5) is 0. The molecule has 2 nitrogen and oxygen atoms in total. The summed E-state index contributed by atoms with van der Waals surface area (Å²) in [5, 5.41) is 7.95. The molecule has 0 aromatic heterocycles. The van der Waals surface area contributed by atoms with Crippen molar-refractivity contribution in [3.8, 4) is 0 Å². The van der Waals surface area contributed by atoms with Gasteiger partial charge in [0.15, 0.2) is 5.11 Å². The van der Waals surface area contributed by atoms with Crippen LogP contribution in [0, 0.1) is 0 Å². The first-order valence-electron chi connectivity index (χ1n) is 7.13. The van der Waals surface area contributed by atoms with Crippen LogP contribution in [0.4, 0.5) is 5.69 Å². The third kappa shape index (κ3) is 3.55. The molecule has 4 heteroatoms. The van der Waals surface area contributed by atoms with Crippen molar-refractivity contribution in [2.24, 2.45) is 0 Å². The highest BCUT2D eigenvalue weighted by atomic mass is 35.5. The van der Waals surface area contributed by atoms with Crippen LogP contribution in [-0.2, 0) is 6.42 Å². The first kappa shape index (κ1) is 14.4. The summed E-state index contributed by atoms with van der Waals surface area (Å²) >= 11 is 11.4. The minimum atomic E-state index is 0.286. The van der Waals surface area contributed by atoms with E-state index in [-0.39, 0.29) is 6.04 Å². The Balaban J connectivity index is 1.68. The van der Waals surface area contributed by atoms with Crippen molar-refractivity contribution in [1.29, 1.82) is 0 Å². The minimum absolute atomic E-state index is 0.286. The maximum Gasteiger partial charge on any atom is 0.171 e. The molecule has 2 aromatic carbocycles. The molecule has 0 unspecified atom stereocenters. The average molecular weight is 317 g/mol. The van der Waals surface area contributed by atoms with Crippen molar-refractivity contribution in [3.05, 3.63) is 64.7 Å². The lowest BCUT2D eigenvalue weighted by atomic mass is 9.88. The summed E-state index contributed by atoms with van der Waals surface area (Å²) in [7, 11) is 0. The zero-order valence-corrected chi connectivity index (χ0v) is 13.2. The van der Waals surface area contributed by atoms with E-state index in [1.54, 1.807) is 0 Å². The summed E-state index contributed by atoms with van der Waals surface area (Å²) in [6.07, 6.45) is 3.45. The number of nitrogens with one attached hydrogen (secondary N) is 2. The van der Waals surface area contributed by atoms with E-state index >= 15 is 0 Å². The van der Waals surface area contributed by atoms with Gasteiger partial charge in [-0.1, -0.05) is 41.9 Å². The van der Waals surface area contributed by atoms with Crippen molar-refractivity contribution in [1.82, 2.24) is 5.32 Å². The maximum absolute atomic E-state index is 5.98. The molecular formula is C17H17ClN2S. The van der Waals surface area contributed by atoms with Gasteiger partial charge in [-0.3, -0.25) is 0 Å². The lowest BCUT2D eigenvalue weighted by Gasteiger charge is -2.27. The molecule has 0 saturated carbocycles. The number of hydrogen-bond acceptors (Lipinski definition) is 1. The predicted molar refractivity (Wildman–Crippen MR) is 92.9 cm³/mol. The zero-order chi connectivity index (χ0) is 14.7. The Morgan fingerprint density at radius 3 is 2.86 bits per heavy atom. The van der Waals surface area contributed by atoms with Crippen LogP contribution in [0.25, 0.3) is 0 Å². The van der Waals surface area contributed by atoms with Crippen molar-refractivity contribution in [3.63, 3.8) is 0 Å². The Morgan fingerprint density at radius 2 is 2.00 bits per heavy atom. The molecule has 0 bridgehead atoms. The summed E-state index contributed by atoms with van der Waals surface area (Å²) in [5.74, 6) is 0. The van der Waals surface area contributed by atoms with Gasteiger partial charge in [0.25, 0.3) is 0 Å². The van der Waals surface area contributed by atoms with Crippen molar-refractivity contribution < 1.29 is 0 Å². The Bertz CT molecular complexity index is 657. The molecule has 0 heterocycles. The number of anilines is 1. The third-order valence-electron chi connectivity index (χ3n) is 3.76. The molecule has 0 fully saturated rings. The van der Waals surface area contributed by atoms with Gasteiger partial charge in [-0.2, -0.15) is 0 Å². The number of hydrogen-bond donors (Lipinski definition) is 2. The van der Waals surface area contributed by atoms with Gasteiger partial charge in [0, 0.05) is 10.7 Å². The molecule has 1 aliphatic carbocycles. The van der Waals surface area contributed by atoms with E-state index < -0.39 is 0 Å². The lowest BCUT2D eigenvalue weighted by Crippen LogP contribution is -2.34. The fourth-order valence-corrected chi connectivity index (χ4v) is 3.25. The number of thiocarbonyl (C=S) groups is 1. The van der Waals surface area contributed by atoms with E-state index in [9.17, 15) is 0 Å². The van der Waals surface area contributed by atoms with E-state index in [2.05, 4.69) is 34.9 Å². The van der Waals surface area contributed by atoms with Gasteiger partial charge in [-0.15, -0.1) is 0 Å². The van der Waals surface area contributed by atoms with Gasteiger partial charge in [0.05, 0.1) is 6.04 Å². The first-order chi connectivity index (χ1) is 10.2. The topological polar surface area (TPSA) is 24.1 Å². The van der Waals surface area contributed by atoms with Gasteiger partial charge >= 0.3 is 0 Å². The van der Waals surface area contributed by atoms with Crippen LogP contribution in [0.1, 0.15) is 30.0 Å². The highest BCUT2D eigenvalue weighted by Crippen LogP contribution is 2.29. The summed E-state index contributed by atoms with van der Waals surface area (Å²) in [6.45, 7) is 0. The van der Waals surface area contributed by atoms with Gasteiger partial charge < -0.3 is 10.6 Å². The van der Waals surface area contributed by atoms with Crippen molar-refractivity contribution >= 4 is 34.6 Å². The molecule has 1 aliphatic rings. The summed E-state index contributed by atoms with van der Waals surface area (Å²) < 4.78 is 0. The SMILES string of the molecule is S=C(Nc1cccc(Cl)c1)N[C@@H]1CCCc2ccccc21. The zero-order valence-electron chi connectivity index (χ0n) is 11.6. The number of rotatable bonds is 2. The standard InChI is InChI=1S/C17H17ClN2S/c18-13-7-4-8-14(11-13)19-17(21)20-16-10-3-6-12-5-1-2-9-15(12)16/h1-2,4-5,7-9,11,16H,3,6,10H2,(H2,19,20,21)/t16-/m1/s1. The molecule has 2 N–H and O–H groups in total. The van der Waals surface area contributed by atoms with Crippen LogP contribution < -0.4 is 10.6 Å². The van der Waals surface area contributed by atoms with Crippen LogP contribution in [0.5, 0.6) is 0 Å². The van der Waals surface area contributed by atoms with Crippen LogP contribution in [0.3, 0.4) is 0 Å². The van der Waals surface area contributed by atoms with Gasteiger partial charge in [0.1, 0.15) is 0 Å². The van der Waals surface area contributed by atoms with Gasteiger partial charge in [-0.25, -0.2) is 0 Å².